The van der Waals surface area contributed by atoms with Crippen LogP contribution in [0.1, 0.15) is 22.1 Å². The van der Waals surface area contributed by atoms with Gasteiger partial charge in [0.2, 0.25) is 0 Å². The summed E-state index contributed by atoms with van der Waals surface area (Å²) in [4.78, 5) is 2.87. The number of hydrogen-bond donors (Lipinski definition) is 1. The first-order valence-corrected chi connectivity index (χ1v) is 4.41. The van der Waals surface area contributed by atoms with Gasteiger partial charge in [0, 0.05) is 21.7 Å². The first-order valence-electron chi connectivity index (χ1n) is 3.59. The molecule has 1 saturated carbocycles. The molecular formula is C8H12ClNS. The van der Waals surface area contributed by atoms with Gasteiger partial charge in [-0.05, 0) is 25.5 Å². The van der Waals surface area contributed by atoms with Gasteiger partial charge in [-0.15, -0.1) is 23.7 Å². The molecule has 0 saturated heterocycles. The van der Waals surface area contributed by atoms with Crippen LogP contribution in [0.25, 0.3) is 0 Å². The van der Waals surface area contributed by atoms with Crippen LogP contribution in [-0.2, 0) is 0 Å². The second-order valence-corrected chi connectivity index (χ2v) is 4.27. The Labute approximate surface area is 77.0 Å². The molecule has 1 aromatic heterocycles. The van der Waals surface area contributed by atoms with E-state index >= 15 is 0 Å². The highest BCUT2D eigenvalue weighted by Crippen LogP contribution is 2.41. The van der Waals surface area contributed by atoms with Gasteiger partial charge in [0.05, 0.1) is 0 Å². The van der Waals surface area contributed by atoms with Crippen molar-refractivity contribution in [2.24, 2.45) is 5.73 Å². The molecule has 0 radical (unpaired) electrons. The molecule has 2 atom stereocenters. The van der Waals surface area contributed by atoms with Gasteiger partial charge in [-0.2, -0.15) is 0 Å². The number of halogens is 1. The predicted octanol–water partition coefficient (Wildman–Crippen LogP) is 2.29. The van der Waals surface area contributed by atoms with E-state index < -0.39 is 0 Å². The molecule has 0 amide bonds. The lowest BCUT2D eigenvalue weighted by Crippen LogP contribution is -1.99. The Balaban J connectivity index is 0.000000605. The van der Waals surface area contributed by atoms with Crippen LogP contribution < -0.4 is 5.73 Å². The zero-order valence-corrected chi connectivity index (χ0v) is 8.04. The third kappa shape index (κ3) is 1.75. The summed E-state index contributed by atoms with van der Waals surface area (Å²) in [6.07, 6.45) is 1.19. The minimum atomic E-state index is 0. The number of hydrogen-bond acceptors (Lipinski definition) is 2. The zero-order chi connectivity index (χ0) is 7.14. The van der Waals surface area contributed by atoms with Crippen molar-refractivity contribution in [2.45, 2.75) is 25.3 Å². The van der Waals surface area contributed by atoms with Crippen LogP contribution in [0.15, 0.2) is 12.1 Å². The van der Waals surface area contributed by atoms with Gasteiger partial charge in [0.15, 0.2) is 0 Å². The van der Waals surface area contributed by atoms with Crippen LogP contribution in [0.2, 0.25) is 0 Å². The molecule has 0 aliphatic heterocycles. The predicted molar refractivity (Wildman–Crippen MR) is 51.6 cm³/mol. The molecule has 11 heavy (non-hydrogen) atoms. The molecule has 2 N–H and O–H groups in total. The van der Waals surface area contributed by atoms with Crippen LogP contribution in [0, 0.1) is 6.92 Å². The highest BCUT2D eigenvalue weighted by molar-refractivity contribution is 7.12. The Kier molecular flexibility index (Phi) is 2.58. The van der Waals surface area contributed by atoms with Crippen molar-refractivity contribution in [1.29, 1.82) is 0 Å². The van der Waals surface area contributed by atoms with Gasteiger partial charge in [-0.25, -0.2) is 0 Å². The summed E-state index contributed by atoms with van der Waals surface area (Å²) in [6, 6.07) is 4.83. The molecular weight excluding hydrogens is 178 g/mol. The molecule has 0 bridgehead atoms. The summed E-state index contributed by atoms with van der Waals surface area (Å²) in [5.41, 5.74) is 5.71. The fourth-order valence-corrected chi connectivity index (χ4v) is 2.26. The van der Waals surface area contributed by atoms with Crippen LogP contribution >= 0.6 is 23.7 Å². The maximum atomic E-state index is 5.71. The topological polar surface area (TPSA) is 26.0 Å². The largest absolute Gasteiger partial charge is 0.327 e. The molecule has 1 heterocycles. The molecule has 3 heteroatoms. The third-order valence-corrected chi connectivity index (χ3v) is 3.10. The highest BCUT2D eigenvalue weighted by Gasteiger charge is 2.35. The maximum absolute atomic E-state index is 5.71. The van der Waals surface area contributed by atoms with Gasteiger partial charge in [-0.1, -0.05) is 0 Å². The summed E-state index contributed by atoms with van der Waals surface area (Å²) in [5.74, 6) is 0.693. The van der Waals surface area contributed by atoms with Crippen molar-refractivity contribution in [1.82, 2.24) is 0 Å². The Hall–Kier alpha value is -0.0500. The zero-order valence-electron chi connectivity index (χ0n) is 6.41. The van der Waals surface area contributed by atoms with Crippen molar-refractivity contribution in [2.75, 3.05) is 0 Å². The lowest BCUT2D eigenvalue weighted by molar-refractivity contribution is 1.01. The fraction of sp³-hybridized carbons (Fsp3) is 0.500. The number of nitrogens with two attached hydrogens (primary N) is 1. The minimum Gasteiger partial charge on any atom is -0.327 e. The first-order chi connectivity index (χ1) is 4.77. The smallest absolute Gasteiger partial charge is 0.0123 e. The van der Waals surface area contributed by atoms with E-state index in [0.717, 1.165) is 0 Å². The molecule has 1 aliphatic rings. The molecule has 0 aromatic carbocycles. The molecule has 1 fully saturated rings. The summed E-state index contributed by atoms with van der Waals surface area (Å²) < 4.78 is 0. The van der Waals surface area contributed by atoms with E-state index in [1.54, 1.807) is 0 Å². The number of thiophene rings is 1. The molecule has 62 valence electrons. The van der Waals surface area contributed by atoms with E-state index in [-0.39, 0.29) is 12.4 Å². The molecule has 0 spiro atoms. The monoisotopic (exact) mass is 189 g/mol. The van der Waals surface area contributed by atoms with E-state index in [1.807, 2.05) is 11.3 Å². The standard InChI is InChI=1S/C8H11NS.ClH/c1-5-2-3-8(10-5)6-4-7(6)9;/h2-3,6-7H,4,9H2,1H3;1H. The average Bonchev–Trinajstić information content (AvgIpc) is 2.42. The lowest BCUT2D eigenvalue weighted by Gasteiger charge is -1.87. The second kappa shape index (κ2) is 3.13. The SMILES string of the molecule is Cc1ccc(C2CC2N)s1.Cl. The van der Waals surface area contributed by atoms with Crippen molar-refractivity contribution < 1.29 is 0 Å². The number of rotatable bonds is 1. The van der Waals surface area contributed by atoms with E-state index in [9.17, 15) is 0 Å². The van der Waals surface area contributed by atoms with Crippen molar-refractivity contribution in [3.8, 4) is 0 Å². The maximum Gasteiger partial charge on any atom is 0.0123 e. The third-order valence-electron chi connectivity index (χ3n) is 1.97. The van der Waals surface area contributed by atoms with E-state index in [0.29, 0.717) is 12.0 Å². The fourth-order valence-electron chi connectivity index (χ4n) is 1.19. The van der Waals surface area contributed by atoms with Crippen LogP contribution in [0.5, 0.6) is 0 Å². The molecule has 1 aromatic rings. The summed E-state index contributed by atoms with van der Waals surface area (Å²) in [7, 11) is 0. The lowest BCUT2D eigenvalue weighted by atomic mass is 10.3. The highest BCUT2D eigenvalue weighted by atomic mass is 35.5. The Bertz CT molecular complexity index is 246. The van der Waals surface area contributed by atoms with Crippen LogP contribution in [-0.4, -0.2) is 6.04 Å². The van der Waals surface area contributed by atoms with E-state index in [1.165, 1.54) is 16.2 Å². The van der Waals surface area contributed by atoms with Gasteiger partial charge in [0.25, 0.3) is 0 Å². The quantitative estimate of drug-likeness (QED) is 0.721. The summed E-state index contributed by atoms with van der Waals surface area (Å²) in [5, 5.41) is 0. The second-order valence-electron chi connectivity index (χ2n) is 2.95. The Morgan fingerprint density at radius 1 is 1.55 bits per heavy atom. The van der Waals surface area contributed by atoms with Gasteiger partial charge >= 0.3 is 0 Å². The Morgan fingerprint density at radius 2 is 2.18 bits per heavy atom. The molecule has 1 nitrogen and oxygen atoms in total. The van der Waals surface area contributed by atoms with E-state index in [4.69, 9.17) is 5.73 Å². The van der Waals surface area contributed by atoms with Crippen molar-refractivity contribution in [3.05, 3.63) is 21.9 Å². The molecule has 2 unspecified atom stereocenters. The molecule has 1 aliphatic carbocycles. The van der Waals surface area contributed by atoms with E-state index in [2.05, 4.69) is 19.1 Å². The Morgan fingerprint density at radius 3 is 2.55 bits per heavy atom. The van der Waals surface area contributed by atoms with Crippen molar-refractivity contribution in [3.63, 3.8) is 0 Å². The van der Waals surface area contributed by atoms with Gasteiger partial charge in [-0.3, -0.25) is 0 Å². The van der Waals surface area contributed by atoms with Gasteiger partial charge < -0.3 is 5.73 Å². The number of aryl methyl sites for hydroxylation is 1. The average molecular weight is 190 g/mol. The normalized spacial score (nSPS) is 27.8. The summed E-state index contributed by atoms with van der Waals surface area (Å²) >= 11 is 1.88. The summed E-state index contributed by atoms with van der Waals surface area (Å²) in [6.45, 7) is 2.14. The van der Waals surface area contributed by atoms with Crippen molar-refractivity contribution >= 4 is 23.7 Å². The van der Waals surface area contributed by atoms with Crippen LogP contribution in [0.4, 0.5) is 0 Å². The first kappa shape index (κ1) is 9.04. The molecule has 2 rings (SSSR count). The van der Waals surface area contributed by atoms with Crippen LogP contribution in [0.3, 0.4) is 0 Å². The minimum absolute atomic E-state index is 0. The van der Waals surface area contributed by atoms with Gasteiger partial charge in [0.1, 0.15) is 0 Å².